The highest BCUT2D eigenvalue weighted by atomic mass is 127. The molecule has 2 nitrogen and oxygen atoms in total. The third-order valence-electron chi connectivity index (χ3n) is 2.38. The monoisotopic (exact) mass is 312 g/mol. The van der Waals surface area contributed by atoms with Gasteiger partial charge in [-0.15, -0.1) is 0 Å². The molecule has 0 radical (unpaired) electrons. The van der Waals surface area contributed by atoms with Crippen molar-refractivity contribution in [1.29, 1.82) is 0 Å². The minimum atomic E-state index is 0.484. The van der Waals surface area contributed by atoms with Gasteiger partial charge in [0.25, 0.3) is 0 Å². The highest BCUT2D eigenvalue weighted by Crippen LogP contribution is 2.28. The number of hydrogen-bond donors (Lipinski definition) is 0. The van der Waals surface area contributed by atoms with Gasteiger partial charge in [0.05, 0.1) is 19.3 Å². The second-order valence-electron chi connectivity index (χ2n) is 4.32. The summed E-state index contributed by atoms with van der Waals surface area (Å²) in [5, 5.41) is 0. The summed E-state index contributed by atoms with van der Waals surface area (Å²) in [5.74, 6) is 0.624. The van der Waals surface area contributed by atoms with Crippen LogP contribution in [-0.4, -0.2) is 29.8 Å². The molecule has 2 atom stereocenters. The first-order valence-corrected chi connectivity index (χ1v) is 6.78. The summed E-state index contributed by atoms with van der Waals surface area (Å²) in [6.07, 6.45) is 4.36. The molecule has 0 aromatic carbocycles. The molecule has 0 saturated heterocycles. The van der Waals surface area contributed by atoms with E-state index in [0.29, 0.717) is 12.0 Å². The number of halogens is 1. The molecule has 84 valence electrons. The molecule has 2 unspecified atom stereocenters. The van der Waals surface area contributed by atoms with E-state index in [4.69, 9.17) is 9.47 Å². The summed E-state index contributed by atoms with van der Waals surface area (Å²) in [6, 6.07) is 0. The van der Waals surface area contributed by atoms with Crippen LogP contribution in [0.2, 0.25) is 0 Å². The quantitative estimate of drug-likeness (QED) is 0.426. The third kappa shape index (κ3) is 4.94. The van der Waals surface area contributed by atoms with Crippen molar-refractivity contribution in [3.63, 3.8) is 0 Å². The van der Waals surface area contributed by atoms with E-state index in [1.54, 1.807) is 0 Å². The van der Waals surface area contributed by atoms with Crippen molar-refractivity contribution in [2.75, 3.05) is 19.8 Å². The summed E-state index contributed by atoms with van der Waals surface area (Å²) >= 11 is 2.50. The van der Waals surface area contributed by atoms with Crippen LogP contribution < -0.4 is 0 Å². The molecule has 0 aromatic rings. The van der Waals surface area contributed by atoms with Gasteiger partial charge >= 0.3 is 0 Å². The Balaban J connectivity index is 1.93. The Morgan fingerprint density at radius 1 is 1.29 bits per heavy atom. The Hall–Kier alpha value is 0.650. The molecule has 3 heteroatoms. The molecule has 1 rings (SSSR count). The fourth-order valence-electron chi connectivity index (χ4n) is 1.65. The van der Waals surface area contributed by atoms with E-state index in [2.05, 4.69) is 36.4 Å². The molecule has 0 amide bonds. The van der Waals surface area contributed by atoms with Crippen LogP contribution in [0.5, 0.6) is 0 Å². The lowest BCUT2D eigenvalue weighted by Crippen LogP contribution is -2.20. The number of alkyl halides is 1. The van der Waals surface area contributed by atoms with Crippen LogP contribution >= 0.6 is 22.6 Å². The number of hydrogen-bond acceptors (Lipinski definition) is 2. The van der Waals surface area contributed by atoms with Crippen molar-refractivity contribution in [1.82, 2.24) is 0 Å². The SMILES string of the molecule is CC(C)COCCOC1CCCC1I. The van der Waals surface area contributed by atoms with Gasteiger partial charge in [0.15, 0.2) is 0 Å². The first-order chi connectivity index (χ1) is 6.70. The largest absolute Gasteiger partial charge is 0.379 e. The average Bonchev–Trinajstić information content (AvgIpc) is 2.51. The second kappa shape index (κ2) is 7.01. The highest BCUT2D eigenvalue weighted by molar-refractivity contribution is 14.1. The molecule has 1 fully saturated rings. The maximum absolute atomic E-state index is 5.76. The Labute approximate surface area is 101 Å². The molecule has 1 aliphatic carbocycles. The normalized spacial score (nSPS) is 27.4. The topological polar surface area (TPSA) is 18.5 Å². The average molecular weight is 312 g/mol. The maximum atomic E-state index is 5.76. The van der Waals surface area contributed by atoms with Crippen LogP contribution in [0.15, 0.2) is 0 Å². The van der Waals surface area contributed by atoms with E-state index in [0.717, 1.165) is 23.7 Å². The zero-order valence-electron chi connectivity index (χ0n) is 9.17. The maximum Gasteiger partial charge on any atom is 0.0704 e. The van der Waals surface area contributed by atoms with Gasteiger partial charge < -0.3 is 9.47 Å². The molecular formula is C11H21IO2. The predicted octanol–water partition coefficient (Wildman–Crippen LogP) is 3.03. The lowest BCUT2D eigenvalue weighted by Gasteiger charge is -2.15. The van der Waals surface area contributed by atoms with Crippen molar-refractivity contribution in [2.24, 2.45) is 5.92 Å². The van der Waals surface area contributed by atoms with E-state index in [-0.39, 0.29) is 0 Å². The zero-order chi connectivity index (χ0) is 10.4. The van der Waals surface area contributed by atoms with E-state index >= 15 is 0 Å². The summed E-state index contributed by atoms with van der Waals surface area (Å²) < 4.78 is 11.9. The standard InChI is InChI=1S/C11H21IO2/c1-9(2)8-13-6-7-14-11-5-3-4-10(11)12/h9-11H,3-8H2,1-2H3. The lowest BCUT2D eigenvalue weighted by atomic mass is 10.2. The Kier molecular flexibility index (Phi) is 6.37. The van der Waals surface area contributed by atoms with Gasteiger partial charge in [-0.25, -0.2) is 0 Å². The van der Waals surface area contributed by atoms with Gasteiger partial charge in [0, 0.05) is 10.5 Å². The molecular weight excluding hydrogens is 291 g/mol. The third-order valence-corrected chi connectivity index (χ3v) is 3.81. The van der Waals surface area contributed by atoms with E-state index in [9.17, 15) is 0 Å². The van der Waals surface area contributed by atoms with Gasteiger partial charge in [0.1, 0.15) is 0 Å². The zero-order valence-corrected chi connectivity index (χ0v) is 11.3. The van der Waals surface area contributed by atoms with Gasteiger partial charge in [-0.2, -0.15) is 0 Å². The van der Waals surface area contributed by atoms with Gasteiger partial charge in [-0.05, 0) is 25.2 Å². The molecule has 0 N–H and O–H groups in total. The first-order valence-electron chi connectivity index (χ1n) is 5.53. The molecule has 1 aliphatic rings. The fourth-order valence-corrected chi connectivity index (χ4v) is 2.65. The van der Waals surface area contributed by atoms with Gasteiger partial charge in [0.2, 0.25) is 0 Å². The number of ether oxygens (including phenoxy) is 2. The van der Waals surface area contributed by atoms with E-state index in [1.807, 2.05) is 0 Å². The van der Waals surface area contributed by atoms with Crippen LogP contribution in [0.1, 0.15) is 33.1 Å². The van der Waals surface area contributed by atoms with Crippen molar-refractivity contribution in [2.45, 2.75) is 43.1 Å². The molecule has 0 aromatic heterocycles. The minimum Gasteiger partial charge on any atom is -0.379 e. The highest BCUT2D eigenvalue weighted by Gasteiger charge is 2.24. The van der Waals surface area contributed by atoms with Crippen molar-refractivity contribution >= 4 is 22.6 Å². The number of rotatable bonds is 6. The predicted molar refractivity (Wildman–Crippen MR) is 67.1 cm³/mol. The Bertz CT molecular complexity index is 150. The lowest BCUT2D eigenvalue weighted by molar-refractivity contribution is 0.00543. The molecule has 0 spiro atoms. The van der Waals surface area contributed by atoms with Crippen molar-refractivity contribution < 1.29 is 9.47 Å². The van der Waals surface area contributed by atoms with Gasteiger partial charge in [-0.1, -0.05) is 36.4 Å². The molecule has 0 heterocycles. The van der Waals surface area contributed by atoms with Gasteiger partial charge in [-0.3, -0.25) is 0 Å². The summed E-state index contributed by atoms with van der Waals surface area (Å²) in [4.78, 5) is 0. The smallest absolute Gasteiger partial charge is 0.0704 e. The van der Waals surface area contributed by atoms with Crippen LogP contribution in [0.3, 0.4) is 0 Å². The van der Waals surface area contributed by atoms with Crippen LogP contribution in [0.25, 0.3) is 0 Å². The molecule has 0 aliphatic heterocycles. The summed E-state index contributed by atoms with van der Waals surface area (Å²) in [5.41, 5.74) is 0. The van der Waals surface area contributed by atoms with Crippen LogP contribution in [0, 0.1) is 5.92 Å². The first kappa shape index (κ1) is 12.7. The van der Waals surface area contributed by atoms with Crippen LogP contribution in [-0.2, 0) is 9.47 Å². The van der Waals surface area contributed by atoms with E-state index < -0.39 is 0 Å². The van der Waals surface area contributed by atoms with Crippen molar-refractivity contribution in [3.8, 4) is 0 Å². The van der Waals surface area contributed by atoms with E-state index in [1.165, 1.54) is 19.3 Å². The fraction of sp³-hybridized carbons (Fsp3) is 1.00. The molecule has 1 saturated carbocycles. The Morgan fingerprint density at radius 3 is 2.64 bits per heavy atom. The summed E-state index contributed by atoms with van der Waals surface area (Å²) in [7, 11) is 0. The van der Waals surface area contributed by atoms with Crippen LogP contribution in [0.4, 0.5) is 0 Å². The Morgan fingerprint density at radius 2 is 2.07 bits per heavy atom. The summed E-state index contributed by atoms with van der Waals surface area (Å²) in [6.45, 7) is 6.69. The molecule has 0 bridgehead atoms. The minimum absolute atomic E-state index is 0.484. The molecule has 14 heavy (non-hydrogen) atoms. The second-order valence-corrected chi connectivity index (χ2v) is 5.92. The van der Waals surface area contributed by atoms with Crippen molar-refractivity contribution in [3.05, 3.63) is 0 Å².